The van der Waals surface area contributed by atoms with E-state index >= 15 is 0 Å². The fourth-order valence-corrected chi connectivity index (χ4v) is 10.7. The molecular weight excluding hydrogens is 923 g/mol. The molecule has 0 spiro atoms. The van der Waals surface area contributed by atoms with Crippen LogP contribution in [0.2, 0.25) is 0 Å². The van der Waals surface area contributed by atoms with Gasteiger partial charge in [-0.2, -0.15) is 0 Å². The molecule has 0 aliphatic carbocycles. The van der Waals surface area contributed by atoms with E-state index in [1.165, 1.54) is 308 Å². The van der Waals surface area contributed by atoms with Crippen molar-refractivity contribution in [1.29, 1.82) is 0 Å². The third-order valence-corrected chi connectivity index (χ3v) is 16.0. The molecule has 2 unspecified atom stereocenters. The Kier molecular flexibility index (Phi) is 63.4. The molecule has 0 heterocycles. The molecule has 75 heavy (non-hydrogen) atoms. The van der Waals surface area contributed by atoms with E-state index in [1.807, 2.05) is 6.08 Å². The second-order valence-electron chi connectivity index (χ2n) is 23.5. The molecule has 0 aliphatic rings. The second kappa shape index (κ2) is 64.9. The van der Waals surface area contributed by atoms with E-state index in [0.717, 1.165) is 44.9 Å². The minimum atomic E-state index is -0.847. The van der Waals surface area contributed by atoms with E-state index in [1.54, 1.807) is 6.08 Å². The Bertz CT molecular complexity index is 1170. The van der Waals surface area contributed by atoms with Crippen molar-refractivity contribution in [3.8, 4) is 0 Å². The predicted molar refractivity (Wildman–Crippen MR) is 329 cm³/mol. The Balaban J connectivity index is 3.42. The summed E-state index contributed by atoms with van der Waals surface area (Å²) in [5.41, 5.74) is 0. The minimum Gasteiger partial charge on any atom is -0.466 e. The predicted octanol–water partition coefficient (Wildman–Crippen LogP) is 21.8. The Morgan fingerprint density at radius 3 is 0.973 bits per heavy atom. The van der Waals surface area contributed by atoms with Crippen LogP contribution in [-0.4, -0.2) is 47.4 Å². The number of unbranched alkanes of at least 4 members (excludes halogenated alkanes) is 51. The van der Waals surface area contributed by atoms with E-state index in [0.29, 0.717) is 19.4 Å². The smallest absolute Gasteiger partial charge is 0.305 e. The van der Waals surface area contributed by atoms with Crippen LogP contribution >= 0.6 is 0 Å². The molecule has 0 bridgehead atoms. The van der Waals surface area contributed by atoms with Crippen LogP contribution in [0.4, 0.5) is 0 Å². The number of aliphatic hydroxyl groups excluding tert-OH is 2. The van der Waals surface area contributed by atoms with Crippen molar-refractivity contribution in [2.75, 3.05) is 13.2 Å². The van der Waals surface area contributed by atoms with Gasteiger partial charge in [-0.25, -0.2) is 0 Å². The first kappa shape index (κ1) is 73.3. The molecule has 0 aliphatic heterocycles. The van der Waals surface area contributed by atoms with E-state index in [2.05, 4.69) is 31.3 Å². The highest BCUT2D eigenvalue weighted by Crippen LogP contribution is 2.19. The zero-order valence-electron chi connectivity index (χ0n) is 50.8. The van der Waals surface area contributed by atoms with Crippen LogP contribution < -0.4 is 5.32 Å². The van der Waals surface area contributed by atoms with E-state index < -0.39 is 12.1 Å². The van der Waals surface area contributed by atoms with Gasteiger partial charge in [0.2, 0.25) is 5.91 Å². The number of carbonyl (C=O) groups is 2. The topological polar surface area (TPSA) is 95.9 Å². The van der Waals surface area contributed by atoms with Crippen molar-refractivity contribution < 1.29 is 24.5 Å². The molecule has 0 rings (SSSR count). The number of esters is 1. The quantitative estimate of drug-likeness (QED) is 0.0320. The van der Waals surface area contributed by atoms with E-state index in [9.17, 15) is 19.8 Å². The molecular formula is C69H133NO5. The summed E-state index contributed by atoms with van der Waals surface area (Å²) < 4.78 is 5.47. The lowest BCUT2D eigenvalue weighted by atomic mass is 10.0. The summed E-state index contributed by atoms with van der Waals surface area (Å²) >= 11 is 0. The van der Waals surface area contributed by atoms with Crippen LogP contribution in [0.5, 0.6) is 0 Å². The van der Waals surface area contributed by atoms with Crippen molar-refractivity contribution in [2.24, 2.45) is 0 Å². The summed E-state index contributed by atoms with van der Waals surface area (Å²) in [5.74, 6) is -0.0627. The maximum atomic E-state index is 12.5. The summed E-state index contributed by atoms with van der Waals surface area (Å²) in [6.07, 6.45) is 81.0. The average molecular weight is 1060 g/mol. The zero-order valence-corrected chi connectivity index (χ0v) is 50.8. The number of hydrogen-bond donors (Lipinski definition) is 3. The molecule has 1 amide bonds. The van der Waals surface area contributed by atoms with Gasteiger partial charge in [0, 0.05) is 12.8 Å². The van der Waals surface area contributed by atoms with Crippen LogP contribution in [0.25, 0.3) is 0 Å². The molecule has 444 valence electrons. The molecule has 0 saturated heterocycles. The van der Waals surface area contributed by atoms with Gasteiger partial charge in [-0.05, 0) is 57.8 Å². The number of carbonyl (C=O) groups excluding carboxylic acids is 2. The molecule has 0 aromatic rings. The number of allylic oxidation sites excluding steroid dienone is 3. The Morgan fingerprint density at radius 1 is 0.360 bits per heavy atom. The van der Waals surface area contributed by atoms with Crippen molar-refractivity contribution in [2.45, 2.75) is 392 Å². The number of amides is 1. The summed E-state index contributed by atoms with van der Waals surface area (Å²) in [7, 11) is 0. The lowest BCUT2D eigenvalue weighted by Gasteiger charge is -2.20. The van der Waals surface area contributed by atoms with Crippen LogP contribution in [0.3, 0.4) is 0 Å². The first-order valence-corrected chi connectivity index (χ1v) is 34.1. The number of rotatable bonds is 64. The summed E-state index contributed by atoms with van der Waals surface area (Å²) in [6, 6.07) is -0.630. The van der Waals surface area contributed by atoms with Gasteiger partial charge >= 0.3 is 5.97 Å². The van der Waals surface area contributed by atoms with E-state index in [4.69, 9.17) is 4.74 Å². The van der Waals surface area contributed by atoms with Crippen LogP contribution in [0.15, 0.2) is 24.3 Å². The van der Waals surface area contributed by atoms with Crippen LogP contribution in [-0.2, 0) is 14.3 Å². The Morgan fingerprint density at radius 2 is 0.627 bits per heavy atom. The first-order chi connectivity index (χ1) is 37.0. The van der Waals surface area contributed by atoms with Crippen LogP contribution in [0, 0.1) is 0 Å². The highest BCUT2D eigenvalue weighted by atomic mass is 16.5. The summed E-state index contributed by atoms with van der Waals surface area (Å²) in [4.78, 5) is 24.5. The monoisotopic (exact) mass is 1060 g/mol. The largest absolute Gasteiger partial charge is 0.466 e. The molecule has 6 nitrogen and oxygen atoms in total. The van der Waals surface area contributed by atoms with E-state index in [-0.39, 0.29) is 18.5 Å². The number of aliphatic hydroxyl groups is 2. The summed E-state index contributed by atoms with van der Waals surface area (Å²) in [5, 5.41) is 23.3. The minimum absolute atomic E-state index is 0.00203. The Labute approximate surface area is 469 Å². The third kappa shape index (κ3) is 61.4. The average Bonchev–Trinajstić information content (AvgIpc) is 3.41. The van der Waals surface area contributed by atoms with Gasteiger partial charge in [-0.3, -0.25) is 9.59 Å². The highest BCUT2D eigenvalue weighted by molar-refractivity contribution is 5.76. The van der Waals surface area contributed by atoms with Gasteiger partial charge in [0.25, 0.3) is 0 Å². The fourth-order valence-electron chi connectivity index (χ4n) is 10.7. The van der Waals surface area contributed by atoms with Gasteiger partial charge in [-0.15, -0.1) is 0 Å². The van der Waals surface area contributed by atoms with Gasteiger partial charge < -0.3 is 20.3 Å². The van der Waals surface area contributed by atoms with Crippen LogP contribution in [0.1, 0.15) is 380 Å². The van der Waals surface area contributed by atoms with Crippen molar-refractivity contribution in [3.63, 3.8) is 0 Å². The lowest BCUT2D eigenvalue weighted by molar-refractivity contribution is -0.143. The molecule has 0 fully saturated rings. The van der Waals surface area contributed by atoms with Gasteiger partial charge in [-0.1, -0.05) is 334 Å². The number of hydrogen-bond acceptors (Lipinski definition) is 5. The molecule has 0 aromatic heterocycles. The molecule has 3 N–H and O–H groups in total. The molecule has 0 radical (unpaired) electrons. The molecule has 0 aromatic carbocycles. The second-order valence-corrected chi connectivity index (χ2v) is 23.5. The normalized spacial score (nSPS) is 12.6. The highest BCUT2D eigenvalue weighted by Gasteiger charge is 2.18. The maximum Gasteiger partial charge on any atom is 0.305 e. The standard InChI is InChI=1S/C69H133NO5/c1-3-5-7-9-11-13-15-17-18-19-20-21-22-23-24-26-29-32-35-38-41-45-49-53-57-61-67(72)66(65-71)70-68(73)62-58-54-50-46-42-39-36-33-30-27-25-28-31-34-37-40-44-48-52-56-60-64-75-69(74)63-59-55-51-47-43-16-14-12-10-8-6-4-2/h12,14,57,61,66-67,71-72H,3-11,13,15-56,58-60,62-65H2,1-2H3,(H,70,73)/b14-12-,61-57+. The Hall–Kier alpha value is -1.66. The number of nitrogens with one attached hydrogen (secondary N) is 1. The maximum absolute atomic E-state index is 12.5. The third-order valence-electron chi connectivity index (χ3n) is 16.0. The lowest BCUT2D eigenvalue weighted by Crippen LogP contribution is -2.45. The summed E-state index contributed by atoms with van der Waals surface area (Å²) in [6.45, 7) is 4.91. The van der Waals surface area contributed by atoms with Crippen molar-refractivity contribution in [1.82, 2.24) is 5.32 Å². The fraction of sp³-hybridized carbons (Fsp3) is 0.913. The number of ether oxygens (including phenoxy) is 1. The molecule has 0 saturated carbocycles. The SMILES string of the molecule is CCCCC/C=C\CCCCCCCC(=O)OCCCCCCCCCCCCCCCCCCCCCCCC(=O)NC(CO)C(O)/C=C/CCCCCCCCCCCCCCCCCCCCCCCCC. The van der Waals surface area contributed by atoms with Gasteiger partial charge in [0.05, 0.1) is 25.4 Å². The zero-order chi connectivity index (χ0) is 54.3. The molecule has 2 atom stereocenters. The van der Waals surface area contributed by atoms with Gasteiger partial charge in [0.15, 0.2) is 0 Å². The molecule has 6 heteroatoms. The van der Waals surface area contributed by atoms with Crippen molar-refractivity contribution >= 4 is 11.9 Å². The van der Waals surface area contributed by atoms with Gasteiger partial charge in [0.1, 0.15) is 0 Å². The van der Waals surface area contributed by atoms with Crippen molar-refractivity contribution in [3.05, 3.63) is 24.3 Å². The first-order valence-electron chi connectivity index (χ1n) is 34.1.